The van der Waals surface area contributed by atoms with Crippen LogP contribution in [0.2, 0.25) is 5.02 Å². The highest BCUT2D eigenvalue weighted by atomic mass is 79.9. The summed E-state index contributed by atoms with van der Waals surface area (Å²) in [5.41, 5.74) is 1.58. The molecule has 0 saturated carbocycles. The average Bonchev–Trinajstić information content (AvgIpc) is 2.63. The van der Waals surface area contributed by atoms with E-state index in [2.05, 4.69) is 15.9 Å². The molecule has 3 aromatic carbocycles. The Labute approximate surface area is 159 Å². The normalized spacial score (nSPS) is 10.8. The van der Waals surface area contributed by atoms with Crippen molar-refractivity contribution in [2.24, 2.45) is 0 Å². The molecule has 0 atom stereocenters. The van der Waals surface area contributed by atoms with Crippen molar-refractivity contribution in [1.82, 2.24) is 0 Å². The summed E-state index contributed by atoms with van der Waals surface area (Å²) in [7, 11) is 0. The van der Waals surface area contributed by atoms with Crippen LogP contribution in [0.5, 0.6) is 11.5 Å². The molecule has 0 saturated heterocycles. The Morgan fingerprint density at radius 1 is 0.840 bits per heavy atom. The molecule has 2 nitrogen and oxygen atoms in total. The van der Waals surface area contributed by atoms with Gasteiger partial charge in [-0.3, -0.25) is 4.79 Å². The number of ether oxygens (including phenoxy) is 1. The van der Waals surface area contributed by atoms with Crippen molar-refractivity contribution >= 4 is 39.4 Å². The van der Waals surface area contributed by atoms with E-state index < -0.39 is 0 Å². The Hall–Kier alpha value is -2.36. The molecule has 0 radical (unpaired) electrons. The molecule has 0 spiro atoms. The Morgan fingerprint density at radius 2 is 1.40 bits per heavy atom. The summed E-state index contributed by atoms with van der Waals surface area (Å²) in [4.78, 5) is 12.1. The summed E-state index contributed by atoms with van der Waals surface area (Å²) >= 11 is 9.21. The van der Waals surface area contributed by atoms with Gasteiger partial charge in [-0.2, -0.15) is 0 Å². The fraction of sp³-hybridized carbons (Fsp3) is 0. The van der Waals surface area contributed by atoms with Crippen molar-refractivity contribution in [2.75, 3.05) is 0 Å². The maximum Gasteiger partial charge on any atom is 0.185 e. The lowest BCUT2D eigenvalue weighted by molar-refractivity contribution is 0.104. The van der Waals surface area contributed by atoms with Gasteiger partial charge in [-0.15, -0.1) is 0 Å². The molecule has 0 fully saturated rings. The van der Waals surface area contributed by atoms with Crippen LogP contribution in [-0.4, -0.2) is 5.78 Å². The molecule has 0 heterocycles. The smallest absolute Gasteiger partial charge is 0.185 e. The number of carbonyl (C=O) groups is 1. The first-order chi connectivity index (χ1) is 12.1. The first-order valence-corrected chi connectivity index (χ1v) is 8.79. The quantitative estimate of drug-likeness (QED) is 0.340. The Kier molecular flexibility index (Phi) is 5.69. The van der Waals surface area contributed by atoms with E-state index in [-0.39, 0.29) is 5.78 Å². The van der Waals surface area contributed by atoms with Crippen LogP contribution in [0.4, 0.5) is 0 Å². The lowest BCUT2D eigenvalue weighted by Crippen LogP contribution is -1.93. The fourth-order valence-electron chi connectivity index (χ4n) is 2.17. The van der Waals surface area contributed by atoms with Crippen molar-refractivity contribution in [2.45, 2.75) is 0 Å². The van der Waals surface area contributed by atoms with E-state index in [1.807, 2.05) is 48.5 Å². The molecule has 4 heteroatoms. The molecule has 0 N–H and O–H groups in total. The number of ketones is 1. The average molecular weight is 414 g/mol. The van der Waals surface area contributed by atoms with E-state index in [9.17, 15) is 4.79 Å². The van der Waals surface area contributed by atoms with Gasteiger partial charge in [0, 0.05) is 15.1 Å². The Morgan fingerprint density at radius 3 is 2.00 bits per heavy atom. The third kappa shape index (κ3) is 5.05. The monoisotopic (exact) mass is 412 g/mol. The van der Waals surface area contributed by atoms with Crippen LogP contribution < -0.4 is 4.74 Å². The molecule has 3 rings (SSSR count). The van der Waals surface area contributed by atoms with Crippen molar-refractivity contribution < 1.29 is 9.53 Å². The van der Waals surface area contributed by atoms with Crippen LogP contribution in [-0.2, 0) is 0 Å². The number of halogens is 2. The van der Waals surface area contributed by atoms with Gasteiger partial charge in [-0.25, -0.2) is 0 Å². The zero-order valence-corrected chi connectivity index (χ0v) is 15.5. The molecule has 0 aromatic heterocycles. The predicted octanol–water partition coefficient (Wildman–Crippen LogP) is 6.79. The van der Waals surface area contributed by atoms with Crippen LogP contribution in [0, 0.1) is 0 Å². The second kappa shape index (κ2) is 8.15. The molecule has 25 heavy (non-hydrogen) atoms. The van der Waals surface area contributed by atoms with Gasteiger partial charge in [0.25, 0.3) is 0 Å². The first-order valence-electron chi connectivity index (χ1n) is 7.62. The van der Waals surface area contributed by atoms with E-state index in [4.69, 9.17) is 16.3 Å². The van der Waals surface area contributed by atoms with Gasteiger partial charge in [0.1, 0.15) is 11.5 Å². The molecule has 124 valence electrons. The summed E-state index contributed by atoms with van der Waals surface area (Å²) in [5, 5.41) is 0.670. The topological polar surface area (TPSA) is 26.3 Å². The van der Waals surface area contributed by atoms with Gasteiger partial charge in [0.05, 0.1) is 0 Å². The third-order valence-electron chi connectivity index (χ3n) is 3.49. The van der Waals surface area contributed by atoms with E-state index in [1.54, 1.807) is 36.4 Å². The van der Waals surface area contributed by atoms with Gasteiger partial charge in [0.2, 0.25) is 0 Å². The Bertz CT molecular complexity index is 883. The highest BCUT2D eigenvalue weighted by molar-refractivity contribution is 9.10. The summed E-state index contributed by atoms with van der Waals surface area (Å²) in [5.74, 6) is 1.41. The van der Waals surface area contributed by atoms with Crippen LogP contribution in [0.15, 0.2) is 83.3 Å². The minimum Gasteiger partial charge on any atom is -0.457 e. The maximum atomic E-state index is 12.1. The summed E-state index contributed by atoms with van der Waals surface area (Å²) in [6.07, 6.45) is 3.36. The van der Waals surface area contributed by atoms with Crippen LogP contribution >= 0.6 is 27.5 Å². The molecule has 0 amide bonds. The van der Waals surface area contributed by atoms with Crippen molar-refractivity contribution in [1.29, 1.82) is 0 Å². The minimum absolute atomic E-state index is 0.0333. The highest BCUT2D eigenvalue weighted by Crippen LogP contribution is 2.23. The number of rotatable bonds is 5. The summed E-state index contributed by atoms with van der Waals surface area (Å²) in [6, 6.07) is 22.0. The van der Waals surface area contributed by atoms with E-state index in [0.29, 0.717) is 10.6 Å². The number of allylic oxidation sites excluding steroid dienone is 1. The number of benzene rings is 3. The number of hydrogen-bond donors (Lipinski definition) is 0. The van der Waals surface area contributed by atoms with Gasteiger partial charge in [0.15, 0.2) is 5.78 Å². The van der Waals surface area contributed by atoms with E-state index >= 15 is 0 Å². The van der Waals surface area contributed by atoms with Gasteiger partial charge < -0.3 is 4.74 Å². The standard InChI is InChI=1S/C21H14BrClO2/c22-17-6-4-16(5-7-17)21(24)14-3-15-1-10-19(11-2-15)25-20-12-8-18(23)9-13-20/h1-14H/b14-3+. The van der Waals surface area contributed by atoms with Crippen molar-refractivity contribution in [3.63, 3.8) is 0 Å². The van der Waals surface area contributed by atoms with Gasteiger partial charge in [-0.05, 0) is 72.3 Å². The minimum atomic E-state index is -0.0333. The molecule has 0 aliphatic rings. The second-order valence-corrected chi connectivity index (χ2v) is 6.68. The lowest BCUT2D eigenvalue weighted by Gasteiger charge is -2.05. The van der Waals surface area contributed by atoms with Crippen LogP contribution in [0.1, 0.15) is 15.9 Å². The Balaban J connectivity index is 1.64. The summed E-state index contributed by atoms with van der Waals surface area (Å²) < 4.78 is 6.69. The summed E-state index contributed by atoms with van der Waals surface area (Å²) in [6.45, 7) is 0. The van der Waals surface area contributed by atoms with Gasteiger partial charge >= 0.3 is 0 Å². The molecular formula is C21H14BrClO2. The SMILES string of the molecule is O=C(/C=C/c1ccc(Oc2ccc(Cl)cc2)cc1)c1ccc(Br)cc1. The zero-order valence-electron chi connectivity index (χ0n) is 13.2. The number of hydrogen-bond acceptors (Lipinski definition) is 2. The molecule has 3 aromatic rings. The molecule has 0 unspecified atom stereocenters. The highest BCUT2D eigenvalue weighted by Gasteiger charge is 2.01. The maximum absolute atomic E-state index is 12.1. The van der Waals surface area contributed by atoms with Crippen molar-refractivity contribution in [3.05, 3.63) is 99.5 Å². The van der Waals surface area contributed by atoms with Crippen LogP contribution in [0.25, 0.3) is 6.08 Å². The molecule has 0 aliphatic carbocycles. The van der Waals surface area contributed by atoms with Crippen molar-refractivity contribution in [3.8, 4) is 11.5 Å². The lowest BCUT2D eigenvalue weighted by atomic mass is 10.1. The number of carbonyl (C=O) groups excluding carboxylic acids is 1. The zero-order chi connectivity index (χ0) is 17.6. The first kappa shape index (κ1) is 17.5. The molecular weight excluding hydrogens is 400 g/mol. The predicted molar refractivity (Wildman–Crippen MR) is 105 cm³/mol. The fourth-order valence-corrected chi connectivity index (χ4v) is 2.56. The largest absolute Gasteiger partial charge is 0.457 e. The molecule has 0 aliphatic heterocycles. The van der Waals surface area contributed by atoms with Crippen LogP contribution in [0.3, 0.4) is 0 Å². The molecule has 0 bridgehead atoms. The third-order valence-corrected chi connectivity index (χ3v) is 4.27. The van der Waals surface area contributed by atoms with E-state index in [1.165, 1.54) is 0 Å². The van der Waals surface area contributed by atoms with Gasteiger partial charge in [-0.1, -0.05) is 45.7 Å². The van der Waals surface area contributed by atoms with E-state index in [0.717, 1.165) is 21.5 Å². The second-order valence-electron chi connectivity index (χ2n) is 5.33.